The van der Waals surface area contributed by atoms with Crippen LogP contribution in [0.1, 0.15) is 0 Å². The van der Waals surface area contributed by atoms with E-state index in [0.717, 1.165) is 0 Å². The van der Waals surface area contributed by atoms with E-state index in [0.29, 0.717) is 0 Å². The molecule has 0 saturated heterocycles. The van der Waals surface area contributed by atoms with E-state index in [1.54, 1.807) is 0 Å². The zero-order valence-corrected chi connectivity index (χ0v) is 21.2. The third kappa shape index (κ3) is 48.4. The van der Waals surface area contributed by atoms with E-state index >= 15 is 0 Å². The van der Waals surface area contributed by atoms with Gasteiger partial charge in [0.25, 0.3) is 0 Å². The van der Waals surface area contributed by atoms with Crippen molar-refractivity contribution in [2.45, 2.75) is 48.8 Å². The van der Waals surface area contributed by atoms with Crippen molar-refractivity contribution in [1.82, 2.24) is 0 Å². The largest absolute Gasteiger partial charge is 0.631 e. The summed E-state index contributed by atoms with van der Waals surface area (Å²) in [7, 11) is -2.17. The molecule has 0 bridgehead atoms. The predicted octanol–water partition coefficient (Wildman–Crippen LogP) is -12.7. The number of nitrogens with two attached hydrogens (primary N) is 6. The molecule has 0 aliphatic carbocycles. The van der Waals surface area contributed by atoms with Gasteiger partial charge in [0.05, 0.1) is 26.4 Å². The van der Waals surface area contributed by atoms with Gasteiger partial charge in [0.2, 0.25) is 0 Å². The van der Waals surface area contributed by atoms with Crippen molar-refractivity contribution >= 4 is 25.2 Å². The van der Waals surface area contributed by atoms with Crippen LogP contribution in [-0.2, 0) is 0 Å². The van der Waals surface area contributed by atoms with E-state index < -0.39 is 82.6 Å². The van der Waals surface area contributed by atoms with Gasteiger partial charge in [-0.05, 0) is 0 Å². The van der Waals surface area contributed by atoms with Crippen LogP contribution in [0.5, 0.6) is 0 Å². The first-order chi connectivity index (χ1) is 18.0. The van der Waals surface area contributed by atoms with Gasteiger partial charge in [-0.3, -0.25) is 16.2 Å². The molecular weight excluding hydrogens is 557 g/mol. The lowest BCUT2D eigenvalue weighted by molar-refractivity contribution is -0.123. The molecule has 0 aromatic rings. The monoisotopic (exact) mass is 603 g/mol. The Bertz CT molecular complexity index is 504. The number of nitrogens with one attached hydrogen (secondary N) is 3. The Labute approximate surface area is 228 Å². The van der Waals surface area contributed by atoms with Crippen molar-refractivity contribution in [1.29, 1.82) is 16.2 Å². The maximum atomic E-state index is 8.96. The number of guanidine groups is 3. The van der Waals surface area contributed by atoms with Crippen LogP contribution in [-0.4, -0.2) is 177 Å². The Morgan fingerprint density at radius 1 is 0.425 bits per heavy atom. The lowest BCUT2D eigenvalue weighted by Crippen LogP contribution is -2.46. The maximum absolute atomic E-state index is 8.96. The Morgan fingerprint density at radius 3 is 0.550 bits per heavy atom. The third-order valence-corrected chi connectivity index (χ3v) is 3.02. The molecule has 24 nitrogen and oxygen atoms in total. The minimum atomic E-state index is -2.17. The zero-order chi connectivity index (χ0) is 33.8. The third-order valence-electron chi connectivity index (χ3n) is 3.02. The second kappa shape index (κ2) is 32.5. The lowest BCUT2D eigenvalue weighted by Gasteiger charge is -2.24. The summed E-state index contributed by atoms with van der Waals surface area (Å²) in [6, 6.07) is 0. The van der Waals surface area contributed by atoms with E-state index in [-0.39, 0.29) is 17.9 Å². The summed E-state index contributed by atoms with van der Waals surface area (Å²) in [4.78, 5) is 0. The van der Waals surface area contributed by atoms with Crippen molar-refractivity contribution in [3.8, 4) is 0 Å². The van der Waals surface area contributed by atoms with E-state index in [9.17, 15) is 0 Å². The molecule has 25 heteroatoms. The zero-order valence-electron chi connectivity index (χ0n) is 21.2. The standard InChI is InChI=1S/2C6H14O6.3CH5N3.BH3O3/c2*7-1-3(9)5(11)6(12)4(10)2-8;4*2-1(3)4/h2*3-12H,1-2H2;3*(H5,2,3,4);2-4H/t2*3-,4-,5-,6-;;;;/m11..../s1. The van der Waals surface area contributed by atoms with Gasteiger partial charge in [-0.15, -0.1) is 0 Å². The highest BCUT2D eigenvalue weighted by Gasteiger charge is 2.30. The topological polar surface area (TPSA) is 531 Å². The Kier molecular flexibility index (Phi) is 40.7. The average Bonchev–Trinajstić information content (AvgIpc) is 2.83. The molecule has 8 atom stereocenters. The quantitative estimate of drug-likeness (QED) is 0.0625. The minimum absolute atomic E-state index is 0.333. The molecule has 0 rings (SSSR count). The highest BCUT2D eigenvalue weighted by molar-refractivity contribution is 6.30. The molecule has 0 amide bonds. The van der Waals surface area contributed by atoms with Gasteiger partial charge in [-0.1, -0.05) is 0 Å². The first-order valence-corrected chi connectivity index (χ1v) is 10.2. The molecule has 30 N–H and O–H groups in total. The summed E-state index contributed by atoms with van der Waals surface area (Å²) < 4.78 is 0. The molecule has 0 aliphatic heterocycles. The maximum Gasteiger partial charge on any atom is 0.631 e. The van der Waals surface area contributed by atoms with Crippen molar-refractivity contribution < 1.29 is 76.4 Å². The molecule has 0 saturated carbocycles. The molecule has 0 heterocycles. The van der Waals surface area contributed by atoms with E-state index in [2.05, 4.69) is 34.4 Å². The molecule has 0 unspecified atom stereocenters. The summed E-state index contributed by atoms with van der Waals surface area (Å²) in [5.41, 5.74) is 26.8. The van der Waals surface area contributed by atoms with Gasteiger partial charge in [-0.25, -0.2) is 0 Å². The van der Waals surface area contributed by atoms with Gasteiger partial charge in [0, 0.05) is 0 Å². The van der Waals surface area contributed by atoms with E-state index in [4.69, 9.17) is 92.6 Å². The fourth-order valence-electron chi connectivity index (χ4n) is 1.34. The first-order valence-electron chi connectivity index (χ1n) is 10.2. The van der Waals surface area contributed by atoms with Gasteiger partial charge in [0.1, 0.15) is 48.8 Å². The second-order valence-corrected chi connectivity index (χ2v) is 6.67. The lowest BCUT2D eigenvalue weighted by atomic mass is 10.0. The van der Waals surface area contributed by atoms with Crippen LogP contribution in [0, 0.1) is 16.2 Å². The van der Waals surface area contributed by atoms with Crippen molar-refractivity contribution in [2.75, 3.05) is 26.4 Å². The van der Waals surface area contributed by atoms with Crippen molar-refractivity contribution in [2.24, 2.45) is 34.4 Å². The molecule has 0 radical (unpaired) electrons. The summed E-state index contributed by atoms with van der Waals surface area (Å²) in [6.45, 7) is -2.90. The number of hydrogen-bond acceptors (Lipinski definition) is 18. The minimum Gasteiger partial charge on any atom is -0.402 e. The molecule has 0 spiro atoms. The Balaban J connectivity index is -0.0000000951. The Morgan fingerprint density at radius 2 is 0.500 bits per heavy atom. The van der Waals surface area contributed by atoms with Gasteiger partial charge in [-0.2, -0.15) is 0 Å². The summed E-state index contributed by atoms with van der Waals surface area (Å²) in [5.74, 6) is -1.000. The molecule has 40 heavy (non-hydrogen) atoms. The predicted molar refractivity (Wildman–Crippen MR) is 137 cm³/mol. The Hall–Kier alpha value is -2.73. The molecule has 0 aromatic carbocycles. The normalized spacial score (nSPS) is 15.4. The van der Waals surface area contributed by atoms with Crippen LogP contribution in [0.15, 0.2) is 0 Å². The van der Waals surface area contributed by atoms with Crippen LogP contribution in [0.3, 0.4) is 0 Å². The summed E-state index contributed by atoms with van der Waals surface area (Å²) in [6.07, 6.45) is -12.8. The van der Waals surface area contributed by atoms with E-state index in [1.807, 2.05) is 0 Å². The van der Waals surface area contributed by atoms with Gasteiger partial charge in [0.15, 0.2) is 17.9 Å². The fourth-order valence-corrected chi connectivity index (χ4v) is 1.34. The van der Waals surface area contributed by atoms with Crippen molar-refractivity contribution in [3.63, 3.8) is 0 Å². The van der Waals surface area contributed by atoms with Crippen LogP contribution in [0.4, 0.5) is 0 Å². The van der Waals surface area contributed by atoms with Crippen LogP contribution >= 0.6 is 0 Å². The second-order valence-electron chi connectivity index (χ2n) is 6.67. The average molecular weight is 603 g/mol. The summed E-state index contributed by atoms with van der Waals surface area (Å²) in [5, 5.41) is 144. The highest BCUT2D eigenvalue weighted by atomic mass is 16.5. The van der Waals surface area contributed by atoms with Crippen LogP contribution < -0.4 is 34.4 Å². The smallest absolute Gasteiger partial charge is 0.402 e. The number of aliphatic hydroxyl groups is 12. The molecule has 0 fully saturated rings. The van der Waals surface area contributed by atoms with Crippen LogP contribution in [0.2, 0.25) is 0 Å². The van der Waals surface area contributed by atoms with E-state index in [1.165, 1.54) is 0 Å². The van der Waals surface area contributed by atoms with Crippen LogP contribution in [0.25, 0.3) is 0 Å². The number of aliphatic hydroxyl groups excluding tert-OH is 12. The molecular formula is C15H46BN9O15. The number of hydrogen-bond donors (Lipinski definition) is 24. The van der Waals surface area contributed by atoms with Crippen molar-refractivity contribution in [3.05, 3.63) is 0 Å². The first kappa shape index (κ1) is 50.1. The molecule has 244 valence electrons. The number of rotatable bonds is 10. The van der Waals surface area contributed by atoms with Gasteiger partial charge < -0.3 is 111 Å². The summed E-state index contributed by atoms with van der Waals surface area (Å²) >= 11 is 0. The highest BCUT2D eigenvalue weighted by Crippen LogP contribution is 2.04. The molecule has 0 aromatic heterocycles. The van der Waals surface area contributed by atoms with Gasteiger partial charge >= 0.3 is 7.32 Å². The molecule has 0 aliphatic rings. The SMILES string of the molecule is N=C(N)N.N=C(N)N.N=C(N)N.OB(O)O.OC[C@@H](O)[C@@H](O)[C@H](O)[C@H](O)CO.OC[C@@H](O)[C@@H](O)[C@H](O)[C@H](O)CO. The fraction of sp³-hybridized carbons (Fsp3) is 0.800.